The Morgan fingerprint density at radius 3 is 2.25 bits per heavy atom. The second-order valence-electron chi connectivity index (χ2n) is 7.47. The molecule has 1 heterocycles. The molecule has 0 saturated heterocycles. The number of likely N-dealkylation sites (N-methyl/N-ethyl adjacent to an activating group) is 1. The van der Waals surface area contributed by atoms with Gasteiger partial charge < -0.3 is 4.90 Å². The van der Waals surface area contributed by atoms with Crippen LogP contribution in [0.3, 0.4) is 0 Å². The lowest BCUT2D eigenvalue weighted by molar-refractivity contribution is -0.147. The molecule has 0 fully saturated rings. The number of thioether (sulfide) groups is 1. The third-order valence-electron chi connectivity index (χ3n) is 4.88. The zero-order valence-corrected chi connectivity index (χ0v) is 19.5. The van der Waals surface area contributed by atoms with E-state index in [0.717, 1.165) is 4.90 Å². The van der Waals surface area contributed by atoms with Crippen molar-refractivity contribution in [3.05, 3.63) is 66.0 Å². The molecule has 32 heavy (non-hydrogen) atoms. The van der Waals surface area contributed by atoms with Crippen LogP contribution in [0, 0.1) is 0 Å². The van der Waals surface area contributed by atoms with Gasteiger partial charge in [-0.3, -0.25) is 9.73 Å². The number of sulfonamides is 1. The van der Waals surface area contributed by atoms with Gasteiger partial charge in [0.25, 0.3) is 10.0 Å². The molecule has 2 N–H and O–H groups in total. The molecule has 2 aromatic rings. The highest BCUT2D eigenvalue weighted by Gasteiger charge is 2.49. The van der Waals surface area contributed by atoms with E-state index in [1.165, 1.54) is 28.9 Å². The summed E-state index contributed by atoms with van der Waals surface area (Å²) < 4.78 is 70.5. The molecule has 0 radical (unpaired) electrons. The largest absolute Gasteiger partial charge is 0.409 e. The number of rotatable bonds is 8. The molecule has 0 aromatic heterocycles. The highest BCUT2D eigenvalue weighted by Crippen LogP contribution is 2.38. The smallest absolute Gasteiger partial charge is 0.308 e. The fourth-order valence-electron chi connectivity index (χ4n) is 3.25. The normalized spacial score (nSPS) is 17.3. The molecule has 0 saturated carbocycles. The van der Waals surface area contributed by atoms with Gasteiger partial charge in [-0.15, -0.1) is 11.8 Å². The molecular weight excluding hydrogens is 461 g/mol. The van der Waals surface area contributed by atoms with Crippen LogP contribution in [0.5, 0.6) is 0 Å². The average Bonchev–Trinajstić information content (AvgIpc) is 3.11. The van der Waals surface area contributed by atoms with Crippen LogP contribution >= 0.6 is 11.8 Å². The van der Waals surface area contributed by atoms with Gasteiger partial charge in [0.1, 0.15) is 5.82 Å². The molecular formula is C21H25F3N4O2S2. The van der Waals surface area contributed by atoms with E-state index in [0.29, 0.717) is 6.54 Å². The molecule has 0 amide bonds. The molecule has 0 spiro atoms. The Kier molecular flexibility index (Phi) is 7.43. The van der Waals surface area contributed by atoms with E-state index in [1.807, 2.05) is 6.26 Å². The molecule has 0 aliphatic carbocycles. The minimum absolute atomic E-state index is 0.0346. The number of benzene rings is 2. The fraction of sp³-hybridized carbons (Fsp3) is 0.333. The van der Waals surface area contributed by atoms with Crippen LogP contribution in [0.4, 0.5) is 13.2 Å². The van der Waals surface area contributed by atoms with Crippen LogP contribution in [0.15, 0.2) is 70.2 Å². The van der Waals surface area contributed by atoms with Gasteiger partial charge in [-0.2, -0.15) is 13.2 Å². The van der Waals surface area contributed by atoms with E-state index in [2.05, 4.69) is 10.1 Å². The summed E-state index contributed by atoms with van der Waals surface area (Å²) in [6.45, 7) is 0.547. The Hall–Kier alpha value is -2.21. The van der Waals surface area contributed by atoms with Crippen LogP contribution < -0.4 is 10.1 Å². The van der Waals surface area contributed by atoms with Gasteiger partial charge in [0.15, 0.2) is 6.04 Å². The van der Waals surface area contributed by atoms with Crippen LogP contribution in [0.2, 0.25) is 0 Å². The summed E-state index contributed by atoms with van der Waals surface area (Å²) in [4.78, 5) is 2.66. The van der Waals surface area contributed by atoms with Crippen LogP contribution in [0.1, 0.15) is 5.56 Å². The second-order valence-corrected chi connectivity index (χ2v) is 10.0. The van der Waals surface area contributed by atoms with Crippen LogP contribution in [-0.4, -0.2) is 64.0 Å². The molecule has 1 unspecified atom stereocenters. The van der Waals surface area contributed by atoms with Gasteiger partial charge in [0.2, 0.25) is 0 Å². The first kappa shape index (κ1) is 24.4. The summed E-state index contributed by atoms with van der Waals surface area (Å²) in [5.74, 6) is -0.130. The van der Waals surface area contributed by atoms with Crippen molar-refractivity contribution in [2.45, 2.75) is 22.0 Å². The Labute approximate surface area is 190 Å². The second kappa shape index (κ2) is 9.74. The average molecular weight is 487 g/mol. The molecule has 2 aromatic carbocycles. The predicted molar refractivity (Wildman–Crippen MR) is 120 cm³/mol. The van der Waals surface area contributed by atoms with Crippen LogP contribution in [-0.2, 0) is 10.0 Å². The fourth-order valence-corrected chi connectivity index (χ4v) is 4.77. The maximum Gasteiger partial charge on any atom is 0.409 e. The molecule has 11 heteroatoms. The number of halogens is 3. The number of nitrogens with one attached hydrogen (secondary N) is 2. The molecule has 3 rings (SSSR count). The summed E-state index contributed by atoms with van der Waals surface area (Å²) in [6, 6.07) is 12.1. The third kappa shape index (κ3) is 5.58. The number of nitrogens with zero attached hydrogens (tertiary/aromatic N) is 2. The zero-order valence-electron chi connectivity index (χ0n) is 17.8. The molecule has 1 atom stereocenters. The predicted octanol–water partition coefficient (Wildman–Crippen LogP) is 3.37. The monoisotopic (exact) mass is 486 g/mol. The zero-order chi connectivity index (χ0) is 23.5. The van der Waals surface area contributed by atoms with E-state index in [-0.39, 0.29) is 28.4 Å². The van der Waals surface area contributed by atoms with Crippen molar-refractivity contribution in [2.75, 3.05) is 33.4 Å². The SMILES string of the molecule is CSc1ccc(C2=C(NS(=O)(=O)c3ccccc3)N(CCN(C)C)NC2C(F)(F)F)cc1. The lowest BCUT2D eigenvalue weighted by Gasteiger charge is -2.26. The third-order valence-corrected chi connectivity index (χ3v) is 6.98. The van der Waals surface area contributed by atoms with Gasteiger partial charge in [-0.05, 0) is 50.2 Å². The lowest BCUT2D eigenvalue weighted by atomic mass is 9.99. The first-order valence-electron chi connectivity index (χ1n) is 9.74. The number of hydrazine groups is 1. The van der Waals surface area contributed by atoms with Gasteiger partial charge in [0, 0.05) is 23.6 Å². The molecule has 6 nitrogen and oxygen atoms in total. The van der Waals surface area contributed by atoms with E-state index < -0.39 is 22.2 Å². The summed E-state index contributed by atoms with van der Waals surface area (Å²) >= 11 is 1.46. The number of alkyl halides is 3. The summed E-state index contributed by atoms with van der Waals surface area (Å²) in [5.41, 5.74) is 2.59. The maximum atomic E-state index is 14.0. The Morgan fingerprint density at radius 1 is 1.09 bits per heavy atom. The topological polar surface area (TPSA) is 64.7 Å². The van der Waals surface area contributed by atoms with Crippen molar-refractivity contribution in [1.82, 2.24) is 20.1 Å². The highest BCUT2D eigenvalue weighted by molar-refractivity contribution is 7.98. The molecule has 1 aliphatic heterocycles. The number of hydrogen-bond donors (Lipinski definition) is 2. The van der Waals surface area contributed by atoms with Crippen molar-refractivity contribution < 1.29 is 21.6 Å². The van der Waals surface area contributed by atoms with Gasteiger partial charge in [0.05, 0.1) is 4.90 Å². The summed E-state index contributed by atoms with van der Waals surface area (Å²) in [5, 5.41) is 1.23. The quantitative estimate of drug-likeness (QED) is 0.558. The minimum Gasteiger partial charge on any atom is -0.308 e. The van der Waals surface area contributed by atoms with Crippen molar-refractivity contribution in [3.63, 3.8) is 0 Å². The maximum absolute atomic E-state index is 14.0. The Bertz CT molecular complexity index is 1060. The van der Waals surface area contributed by atoms with E-state index in [4.69, 9.17) is 0 Å². The first-order valence-corrected chi connectivity index (χ1v) is 12.5. The minimum atomic E-state index is -4.64. The Balaban J connectivity index is 2.14. The van der Waals surface area contributed by atoms with Gasteiger partial charge in [-0.1, -0.05) is 30.3 Å². The summed E-state index contributed by atoms with van der Waals surface area (Å²) in [6.07, 6.45) is -2.77. The molecule has 0 bridgehead atoms. The van der Waals surface area contributed by atoms with Gasteiger partial charge in [-0.25, -0.2) is 13.8 Å². The standard InChI is InChI=1S/C21H25F3N4O2S2/c1-27(2)13-14-28-20(26-32(29,30)17-7-5-4-6-8-17)18(19(25-28)21(22,23)24)15-9-11-16(31-3)12-10-15/h4-12,19,25-26H,13-14H2,1-3H3. The number of hydrogen-bond acceptors (Lipinski definition) is 6. The first-order chi connectivity index (χ1) is 15.0. The van der Waals surface area contributed by atoms with Crippen molar-refractivity contribution >= 4 is 27.4 Å². The highest BCUT2D eigenvalue weighted by atomic mass is 32.2. The van der Waals surface area contributed by atoms with E-state index >= 15 is 0 Å². The summed E-state index contributed by atoms with van der Waals surface area (Å²) in [7, 11) is -0.535. The Morgan fingerprint density at radius 2 is 1.72 bits per heavy atom. The lowest BCUT2D eigenvalue weighted by Crippen LogP contribution is -2.48. The molecule has 1 aliphatic rings. The van der Waals surface area contributed by atoms with Crippen molar-refractivity contribution in [2.24, 2.45) is 0 Å². The van der Waals surface area contributed by atoms with Gasteiger partial charge >= 0.3 is 6.18 Å². The van der Waals surface area contributed by atoms with E-state index in [9.17, 15) is 21.6 Å². The van der Waals surface area contributed by atoms with E-state index in [1.54, 1.807) is 61.5 Å². The molecule has 174 valence electrons. The van der Waals surface area contributed by atoms with Crippen LogP contribution in [0.25, 0.3) is 5.57 Å². The van der Waals surface area contributed by atoms with Crippen molar-refractivity contribution in [3.8, 4) is 0 Å². The van der Waals surface area contributed by atoms with Crippen molar-refractivity contribution in [1.29, 1.82) is 0 Å².